The van der Waals surface area contributed by atoms with Gasteiger partial charge in [0.15, 0.2) is 0 Å². The highest BCUT2D eigenvalue weighted by Gasteiger charge is 2.27. The van der Waals surface area contributed by atoms with Crippen LogP contribution in [0.2, 0.25) is 0 Å². The van der Waals surface area contributed by atoms with E-state index in [-0.39, 0.29) is 5.92 Å². The van der Waals surface area contributed by atoms with Crippen LogP contribution in [-0.2, 0) is 10.0 Å². The van der Waals surface area contributed by atoms with Crippen molar-refractivity contribution in [2.45, 2.75) is 36.6 Å². The highest BCUT2D eigenvalue weighted by atomic mass is 32.2. The lowest BCUT2D eigenvalue weighted by Crippen LogP contribution is -2.27. The molecule has 0 bridgehead atoms. The third-order valence-corrected chi connectivity index (χ3v) is 6.89. The Balaban J connectivity index is 1.88. The molecule has 0 radical (unpaired) electrons. The Morgan fingerprint density at radius 1 is 1.08 bits per heavy atom. The summed E-state index contributed by atoms with van der Waals surface area (Å²) in [7, 11) is -3.61. The second-order valence-electron chi connectivity index (χ2n) is 6.71. The summed E-state index contributed by atoms with van der Waals surface area (Å²) in [5.41, 5.74) is 1.83. The Kier molecular flexibility index (Phi) is 4.13. The molecule has 2 atom stereocenters. The van der Waals surface area contributed by atoms with Crippen molar-refractivity contribution in [3.05, 3.63) is 66.4 Å². The van der Waals surface area contributed by atoms with Crippen molar-refractivity contribution in [1.82, 2.24) is 9.29 Å². The lowest BCUT2D eigenvalue weighted by Gasteiger charge is -2.18. The summed E-state index contributed by atoms with van der Waals surface area (Å²) in [6, 6.07) is 16.8. The van der Waals surface area contributed by atoms with Gasteiger partial charge in [0.05, 0.1) is 10.4 Å². The van der Waals surface area contributed by atoms with Crippen molar-refractivity contribution in [3.63, 3.8) is 0 Å². The van der Waals surface area contributed by atoms with E-state index in [0.717, 1.165) is 29.4 Å². The third-order valence-electron chi connectivity index (χ3n) is 5.20. The van der Waals surface area contributed by atoms with Gasteiger partial charge in [-0.1, -0.05) is 43.3 Å². The van der Waals surface area contributed by atoms with Gasteiger partial charge < -0.3 is 5.32 Å². The van der Waals surface area contributed by atoms with Gasteiger partial charge in [0.2, 0.25) is 0 Å². The number of fused-ring (bicyclic) bond motifs is 1. The van der Waals surface area contributed by atoms with E-state index in [4.69, 9.17) is 0 Å². The number of hydrogen-bond donors (Lipinski definition) is 1. The lowest BCUT2D eigenvalue weighted by atomic mass is 9.92. The molecule has 0 saturated carbocycles. The molecule has 1 fully saturated rings. The molecular formula is C20H22N2O2S. The predicted octanol–water partition coefficient (Wildman–Crippen LogP) is 3.73. The largest absolute Gasteiger partial charge is 0.313 e. The molecule has 1 aliphatic heterocycles. The number of rotatable bonds is 4. The van der Waals surface area contributed by atoms with Crippen molar-refractivity contribution in [3.8, 4) is 0 Å². The van der Waals surface area contributed by atoms with Crippen LogP contribution in [0.15, 0.2) is 65.7 Å². The van der Waals surface area contributed by atoms with Gasteiger partial charge in [-0.15, -0.1) is 0 Å². The average Bonchev–Trinajstić information content (AvgIpc) is 3.30. The van der Waals surface area contributed by atoms with E-state index in [1.165, 1.54) is 10.4 Å². The summed E-state index contributed by atoms with van der Waals surface area (Å²) in [5, 5.41) is 4.56. The van der Waals surface area contributed by atoms with E-state index in [1.807, 2.05) is 36.5 Å². The quantitative estimate of drug-likeness (QED) is 0.777. The van der Waals surface area contributed by atoms with Crippen molar-refractivity contribution in [2.24, 2.45) is 0 Å². The summed E-state index contributed by atoms with van der Waals surface area (Å²) in [6.07, 6.45) is 4.12. The topological polar surface area (TPSA) is 51.1 Å². The molecule has 25 heavy (non-hydrogen) atoms. The lowest BCUT2D eigenvalue weighted by molar-refractivity contribution is 0.519. The maximum atomic E-state index is 13.2. The highest BCUT2D eigenvalue weighted by molar-refractivity contribution is 7.90. The Bertz CT molecular complexity index is 987. The van der Waals surface area contributed by atoms with Crippen LogP contribution in [0, 0.1) is 0 Å². The first-order chi connectivity index (χ1) is 12.1. The fourth-order valence-electron chi connectivity index (χ4n) is 3.80. The number of para-hydroxylation sites is 1. The normalized spacial score (nSPS) is 19.3. The van der Waals surface area contributed by atoms with Crippen LogP contribution >= 0.6 is 0 Å². The second-order valence-corrected chi connectivity index (χ2v) is 8.52. The molecule has 4 nitrogen and oxygen atoms in total. The van der Waals surface area contributed by atoms with Crippen LogP contribution in [0.25, 0.3) is 10.9 Å². The number of nitrogens with one attached hydrogen (secondary N) is 1. The number of hydrogen-bond acceptors (Lipinski definition) is 3. The molecule has 0 aliphatic carbocycles. The first kappa shape index (κ1) is 16.4. The second kappa shape index (κ2) is 6.32. The molecule has 4 rings (SSSR count). The Morgan fingerprint density at radius 2 is 1.80 bits per heavy atom. The number of nitrogens with zero attached hydrogens (tertiary/aromatic N) is 1. The minimum absolute atomic E-state index is 0.264. The molecule has 1 N–H and O–H groups in total. The molecule has 0 spiro atoms. The summed E-state index contributed by atoms with van der Waals surface area (Å²) in [5.74, 6) is 0.264. The first-order valence-corrected chi connectivity index (χ1v) is 10.2. The molecule has 1 aliphatic rings. The highest BCUT2D eigenvalue weighted by Crippen LogP contribution is 2.34. The summed E-state index contributed by atoms with van der Waals surface area (Å²) < 4.78 is 27.7. The Hall–Kier alpha value is -2.11. The van der Waals surface area contributed by atoms with Crippen molar-refractivity contribution in [1.29, 1.82) is 0 Å². The Morgan fingerprint density at radius 3 is 2.52 bits per heavy atom. The van der Waals surface area contributed by atoms with Crippen LogP contribution in [0.5, 0.6) is 0 Å². The fraction of sp³-hybridized carbons (Fsp3) is 0.300. The summed E-state index contributed by atoms with van der Waals surface area (Å²) in [6.45, 7) is 3.22. The van der Waals surface area contributed by atoms with Crippen molar-refractivity contribution in [2.75, 3.05) is 6.54 Å². The maximum Gasteiger partial charge on any atom is 0.268 e. The third kappa shape index (κ3) is 2.77. The molecule has 2 unspecified atom stereocenters. The van der Waals surface area contributed by atoms with Gasteiger partial charge in [0.25, 0.3) is 10.0 Å². The van der Waals surface area contributed by atoms with E-state index in [0.29, 0.717) is 10.9 Å². The van der Waals surface area contributed by atoms with Crippen LogP contribution in [0.1, 0.15) is 31.2 Å². The predicted molar refractivity (Wildman–Crippen MR) is 100 cm³/mol. The van der Waals surface area contributed by atoms with Crippen LogP contribution in [0.4, 0.5) is 0 Å². The molecule has 1 aromatic heterocycles. The van der Waals surface area contributed by atoms with E-state index in [9.17, 15) is 8.42 Å². The maximum absolute atomic E-state index is 13.2. The van der Waals surface area contributed by atoms with E-state index < -0.39 is 10.0 Å². The molecule has 0 amide bonds. The summed E-state index contributed by atoms with van der Waals surface area (Å²) >= 11 is 0. The van der Waals surface area contributed by atoms with Gasteiger partial charge >= 0.3 is 0 Å². The SMILES string of the molecule is CC(c1cn(S(=O)(=O)c2ccccc2)c2ccccc12)C1CCCN1. The zero-order chi connectivity index (χ0) is 17.4. The standard InChI is InChI=1S/C20H22N2O2S/c1-15(19-11-7-13-21-19)18-14-22(20-12-6-5-10-17(18)20)25(23,24)16-8-3-2-4-9-16/h2-6,8-10,12,14-15,19,21H,7,11,13H2,1H3. The molecule has 2 aromatic carbocycles. The average molecular weight is 354 g/mol. The molecule has 2 heterocycles. The van der Waals surface area contributed by atoms with Gasteiger partial charge in [-0.25, -0.2) is 12.4 Å². The van der Waals surface area contributed by atoms with Crippen LogP contribution < -0.4 is 5.32 Å². The van der Waals surface area contributed by atoms with Gasteiger partial charge in [0, 0.05) is 17.6 Å². The van der Waals surface area contributed by atoms with Crippen molar-refractivity contribution < 1.29 is 8.42 Å². The van der Waals surface area contributed by atoms with E-state index in [2.05, 4.69) is 12.2 Å². The van der Waals surface area contributed by atoms with Crippen LogP contribution in [0.3, 0.4) is 0 Å². The molecule has 1 saturated heterocycles. The smallest absolute Gasteiger partial charge is 0.268 e. The molecule has 5 heteroatoms. The monoisotopic (exact) mass is 354 g/mol. The first-order valence-electron chi connectivity index (χ1n) is 8.73. The Labute approximate surface area is 148 Å². The van der Waals surface area contributed by atoms with Gasteiger partial charge in [-0.3, -0.25) is 0 Å². The van der Waals surface area contributed by atoms with Gasteiger partial charge in [0.1, 0.15) is 0 Å². The fourth-order valence-corrected chi connectivity index (χ4v) is 5.20. The van der Waals surface area contributed by atoms with Crippen LogP contribution in [-0.4, -0.2) is 25.0 Å². The van der Waals surface area contributed by atoms with Gasteiger partial charge in [-0.05, 0) is 49.1 Å². The summed E-state index contributed by atoms with van der Waals surface area (Å²) in [4.78, 5) is 0.314. The van der Waals surface area contributed by atoms with E-state index in [1.54, 1.807) is 24.3 Å². The van der Waals surface area contributed by atoms with E-state index >= 15 is 0 Å². The zero-order valence-electron chi connectivity index (χ0n) is 14.2. The van der Waals surface area contributed by atoms with Gasteiger partial charge in [-0.2, -0.15) is 0 Å². The molecular weight excluding hydrogens is 332 g/mol. The molecule has 130 valence electrons. The number of aromatic nitrogens is 1. The minimum atomic E-state index is -3.61. The van der Waals surface area contributed by atoms with Crippen molar-refractivity contribution >= 4 is 20.9 Å². The molecule has 3 aromatic rings. The zero-order valence-corrected chi connectivity index (χ0v) is 15.0. The minimum Gasteiger partial charge on any atom is -0.313 e. The number of benzene rings is 2.